The Kier molecular flexibility index (Phi) is 6.45. The molecule has 4 rings (SSSR count). The fraction of sp³-hybridized carbons (Fsp3) is 0.318. The minimum atomic E-state index is -3.57. The number of nitrogens with one attached hydrogen (secondary N) is 1. The Bertz CT molecular complexity index is 1150. The van der Waals surface area contributed by atoms with Crippen molar-refractivity contribution in [3.63, 3.8) is 0 Å². The van der Waals surface area contributed by atoms with E-state index in [0.29, 0.717) is 17.2 Å². The molecule has 0 aliphatic carbocycles. The second-order valence-corrected chi connectivity index (χ2v) is 10.2. The van der Waals surface area contributed by atoms with E-state index in [9.17, 15) is 13.2 Å². The SMILES string of the molecule is CC[C@H]1CCCCN1S(=O)(=O)c1ccc(C(=O)Nc2nc(-c3ccncc3)cs2)cc1. The molecule has 31 heavy (non-hydrogen) atoms. The average Bonchev–Trinajstić information content (AvgIpc) is 3.28. The Hall–Kier alpha value is -2.62. The first-order valence-corrected chi connectivity index (χ1v) is 12.6. The lowest BCUT2D eigenvalue weighted by atomic mass is 10.0. The molecule has 1 fully saturated rings. The van der Waals surface area contributed by atoms with Gasteiger partial charge in [-0.25, -0.2) is 13.4 Å². The molecule has 162 valence electrons. The van der Waals surface area contributed by atoms with E-state index in [1.165, 1.54) is 23.5 Å². The minimum Gasteiger partial charge on any atom is -0.298 e. The molecule has 1 atom stereocenters. The van der Waals surface area contributed by atoms with Gasteiger partial charge in [0.1, 0.15) is 0 Å². The molecule has 1 N–H and O–H groups in total. The van der Waals surface area contributed by atoms with Crippen molar-refractivity contribution < 1.29 is 13.2 Å². The molecule has 3 heterocycles. The Labute approximate surface area is 186 Å². The number of carbonyl (C=O) groups is 1. The van der Waals surface area contributed by atoms with Crippen molar-refractivity contribution in [2.75, 3.05) is 11.9 Å². The summed E-state index contributed by atoms with van der Waals surface area (Å²) in [5, 5.41) is 5.12. The van der Waals surface area contributed by atoms with Gasteiger partial charge in [0.15, 0.2) is 5.13 Å². The number of amides is 1. The van der Waals surface area contributed by atoms with Gasteiger partial charge in [-0.05, 0) is 55.7 Å². The zero-order chi connectivity index (χ0) is 21.8. The molecule has 2 aromatic heterocycles. The molecule has 0 radical (unpaired) electrons. The molecule has 1 aliphatic rings. The van der Waals surface area contributed by atoms with Gasteiger partial charge in [-0.2, -0.15) is 4.31 Å². The molecule has 0 unspecified atom stereocenters. The van der Waals surface area contributed by atoms with Gasteiger partial charge >= 0.3 is 0 Å². The monoisotopic (exact) mass is 456 g/mol. The summed E-state index contributed by atoms with van der Waals surface area (Å²) in [4.78, 5) is 21.3. The van der Waals surface area contributed by atoms with Gasteiger partial charge in [-0.1, -0.05) is 13.3 Å². The minimum absolute atomic E-state index is 0.0428. The molecule has 1 amide bonds. The fourth-order valence-electron chi connectivity index (χ4n) is 3.77. The number of benzene rings is 1. The highest BCUT2D eigenvalue weighted by Crippen LogP contribution is 2.28. The third-order valence-electron chi connectivity index (χ3n) is 5.47. The van der Waals surface area contributed by atoms with Crippen LogP contribution in [-0.2, 0) is 10.0 Å². The number of sulfonamides is 1. The van der Waals surface area contributed by atoms with E-state index in [2.05, 4.69) is 15.3 Å². The highest BCUT2D eigenvalue weighted by Gasteiger charge is 2.32. The number of piperidine rings is 1. The number of rotatable bonds is 6. The average molecular weight is 457 g/mol. The van der Waals surface area contributed by atoms with E-state index in [1.807, 2.05) is 24.4 Å². The van der Waals surface area contributed by atoms with E-state index >= 15 is 0 Å². The maximum atomic E-state index is 13.1. The van der Waals surface area contributed by atoms with Crippen molar-refractivity contribution >= 4 is 32.4 Å². The van der Waals surface area contributed by atoms with Crippen LogP contribution in [0.4, 0.5) is 5.13 Å². The zero-order valence-electron chi connectivity index (χ0n) is 17.2. The molecule has 0 bridgehead atoms. The predicted molar refractivity (Wildman–Crippen MR) is 122 cm³/mol. The van der Waals surface area contributed by atoms with Crippen molar-refractivity contribution in [1.29, 1.82) is 0 Å². The van der Waals surface area contributed by atoms with E-state index in [0.717, 1.165) is 36.9 Å². The summed E-state index contributed by atoms with van der Waals surface area (Å²) in [6.07, 6.45) is 7.01. The molecule has 1 saturated heterocycles. The van der Waals surface area contributed by atoms with Crippen molar-refractivity contribution in [2.45, 2.75) is 43.5 Å². The smallest absolute Gasteiger partial charge is 0.257 e. The van der Waals surface area contributed by atoms with Gasteiger partial charge in [0.25, 0.3) is 5.91 Å². The van der Waals surface area contributed by atoms with Crippen LogP contribution in [0, 0.1) is 0 Å². The molecule has 9 heteroatoms. The Morgan fingerprint density at radius 3 is 2.61 bits per heavy atom. The normalized spacial score (nSPS) is 17.4. The van der Waals surface area contributed by atoms with Crippen molar-refractivity contribution in [1.82, 2.24) is 14.3 Å². The zero-order valence-corrected chi connectivity index (χ0v) is 18.8. The van der Waals surface area contributed by atoms with Gasteiger partial charge in [-0.15, -0.1) is 11.3 Å². The number of aromatic nitrogens is 2. The van der Waals surface area contributed by atoms with Gasteiger partial charge in [0.2, 0.25) is 10.0 Å². The van der Waals surface area contributed by atoms with Gasteiger partial charge < -0.3 is 0 Å². The highest BCUT2D eigenvalue weighted by atomic mass is 32.2. The fourth-order valence-corrected chi connectivity index (χ4v) is 6.25. The third kappa shape index (κ3) is 4.68. The van der Waals surface area contributed by atoms with Crippen LogP contribution in [-0.4, -0.2) is 41.2 Å². The summed E-state index contributed by atoms with van der Waals surface area (Å²) in [7, 11) is -3.57. The van der Waals surface area contributed by atoms with E-state index < -0.39 is 10.0 Å². The first-order chi connectivity index (χ1) is 15.0. The molecule has 1 aromatic carbocycles. The van der Waals surface area contributed by atoms with Crippen molar-refractivity contribution in [3.05, 3.63) is 59.7 Å². The van der Waals surface area contributed by atoms with Crippen molar-refractivity contribution in [3.8, 4) is 11.3 Å². The summed E-state index contributed by atoms with van der Waals surface area (Å²) >= 11 is 1.33. The number of carbonyl (C=O) groups excluding carboxylic acids is 1. The topological polar surface area (TPSA) is 92.3 Å². The van der Waals surface area contributed by atoms with Crippen LogP contribution in [0.5, 0.6) is 0 Å². The maximum absolute atomic E-state index is 13.1. The molecule has 3 aromatic rings. The Morgan fingerprint density at radius 2 is 1.90 bits per heavy atom. The van der Waals surface area contributed by atoms with Crippen molar-refractivity contribution in [2.24, 2.45) is 0 Å². The number of thiazole rings is 1. The molecule has 0 saturated carbocycles. The number of hydrogen-bond donors (Lipinski definition) is 1. The lowest BCUT2D eigenvalue weighted by molar-refractivity contribution is 0.102. The first-order valence-electron chi connectivity index (χ1n) is 10.3. The second-order valence-electron chi connectivity index (χ2n) is 7.43. The maximum Gasteiger partial charge on any atom is 0.257 e. The van der Waals surface area contributed by atoms with Gasteiger partial charge in [0.05, 0.1) is 10.6 Å². The van der Waals surface area contributed by atoms with Crippen LogP contribution in [0.3, 0.4) is 0 Å². The molecule has 0 spiro atoms. The first kappa shape index (κ1) is 21.6. The molecular weight excluding hydrogens is 432 g/mol. The lowest BCUT2D eigenvalue weighted by Crippen LogP contribution is -2.43. The van der Waals surface area contributed by atoms with E-state index in [-0.39, 0.29) is 16.8 Å². The molecular formula is C22H24N4O3S2. The van der Waals surface area contributed by atoms with Crippen LogP contribution in [0.1, 0.15) is 43.0 Å². The predicted octanol–water partition coefficient (Wildman–Crippen LogP) is 4.41. The molecule has 1 aliphatic heterocycles. The third-order valence-corrected chi connectivity index (χ3v) is 8.19. The largest absolute Gasteiger partial charge is 0.298 e. The van der Waals surface area contributed by atoms with Gasteiger partial charge in [-0.3, -0.25) is 15.1 Å². The van der Waals surface area contributed by atoms with E-state index in [1.54, 1.807) is 28.8 Å². The van der Waals surface area contributed by atoms with Crippen LogP contribution in [0.25, 0.3) is 11.3 Å². The van der Waals surface area contributed by atoms with Gasteiger partial charge in [0, 0.05) is 41.5 Å². The number of pyridine rings is 1. The Morgan fingerprint density at radius 1 is 1.16 bits per heavy atom. The number of anilines is 1. The second kappa shape index (κ2) is 9.25. The van der Waals surface area contributed by atoms with E-state index in [4.69, 9.17) is 0 Å². The van der Waals surface area contributed by atoms with Crippen LogP contribution in [0.15, 0.2) is 59.1 Å². The number of hydrogen-bond acceptors (Lipinski definition) is 6. The van der Waals surface area contributed by atoms with Crippen LogP contribution in [0.2, 0.25) is 0 Å². The number of nitrogens with zero attached hydrogens (tertiary/aromatic N) is 3. The summed E-state index contributed by atoms with van der Waals surface area (Å²) in [5.41, 5.74) is 2.06. The standard InChI is InChI=1S/C22H24N4O3S2/c1-2-18-5-3-4-14-26(18)31(28,29)19-8-6-17(7-9-19)21(27)25-22-24-20(15-30-22)16-10-12-23-13-11-16/h6-13,15,18H,2-5,14H2,1H3,(H,24,25,27)/t18-/m0/s1. The van der Waals surface area contributed by atoms with Crippen LogP contribution >= 0.6 is 11.3 Å². The quantitative estimate of drug-likeness (QED) is 0.593. The highest BCUT2D eigenvalue weighted by molar-refractivity contribution is 7.89. The summed E-state index contributed by atoms with van der Waals surface area (Å²) in [5.74, 6) is -0.330. The van der Waals surface area contributed by atoms with Crippen LogP contribution < -0.4 is 5.32 Å². The molecule has 7 nitrogen and oxygen atoms in total. The summed E-state index contributed by atoms with van der Waals surface area (Å²) in [6.45, 7) is 2.57. The lowest BCUT2D eigenvalue weighted by Gasteiger charge is -2.34. The summed E-state index contributed by atoms with van der Waals surface area (Å²) in [6, 6.07) is 9.86. The summed E-state index contributed by atoms with van der Waals surface area (Å²) < 4.78 is 27.8. The Balaban J connectivity index is 1.47.